The van der Waals surface area contributed by atoms with Crippen molar-refractivity contribution in [3.05, 3.63) is 173 Å². The van der Waals surface area contributed by atoms with Crippen molar-refractivity contribution in [1.82, 2.24) is 0 Å². The SMILES string of the molecule is CCCCCOc1c(C)cc(C)cc1Cc1cc(C)cc(CC)c1OCCCCC.CCCOc1c(C)cc(C)cc1Cc1cc(C)cc(CC)c1OCCC.CCc1cc(C)cc(Cc2cc(C)cc(C)c2OCC(=O)OC)c1OCC(=O)OC. The van der Waals surface area contributed by atoms with E-state index in [0.717, 1.165) is 141 Å². The first-order valence-electron chi connectivity index (χ1n) is 31.9. The monoisotopic (exact) mass is 1180 g/mol. The van der Waals surface area contributed by atoms with Crippen molar-refractivity contribution in [2.24, 2.45) is 0 Å². The summed E-state index contributed by atoms with van der Waals surface area (Å²) in [6.07, 6.45) is 14.1. The van der Waals surface area contributed by atoms with Crippen LogP contribution in [0.25, 0.3) is 0 Å². The quantitative estimate of drug-likeness (QED) is 0.0308. The van der Waals surface area contributed by atoms with Gasteiger partial charge in [0, 0.05) is 19.3 Å². The Hall–Kier alpha value is -6.94. The fourth-order valence-electron chi connectivity index (χ4n) is 11.1. The zero-order chi connectivity index (χ0) is 63.3. The van der Waals surface area contributed by atoms with Crippen LogP contribution in [-0.4, -0.2) is 65.8 Å². The van der Waals surface area contributed by atoms with Gasteiger partial charge in [-0.05, 0) is 174 Å². The molecule has 0 aromatic heterocycles. The van der Waals surface area contributed by atoms with E-state index in [4.69, 9.17) is 37.9 Å². The fourth-order valence-corrected chi connectivity index (χ4v) is 11.1. The first kappa shape index (κ1) is 71.5. The maximum Gasteiger partial charge on any atom is 0.343 e. The molecule has 0 saturated carbocycles. The molecule has 0 saturated heterocycles. The molecule has 86 heavy (non-hydrogen) atoms. The van der Waals surface area contributed by atoms with E-state index in [1.807, 2.05) is 45.9 Å². The van der Waals surface area contributed by atoms with Crippen LogP contribution >= 0.6 is 0 Å². The topological polar surface area (TPSA) is 108 Å². The summed E-state index contributed by atoms with van der Waals surface area (Å²) in [6.45, 7) is 37.0. The summed E-state index contributed by atoms with van der Waals surface area (Å²) in [6, 6.07) is 26.2. The molecule has 0 heterocycles. The van der Waals surface area contributed by atoms with E-state index in [9.17, 15) is 9.59 Å². The second kappa shape index (κ2) is 37.6. The van der Waals surface area contributed by atoms with E-state index in [1.165, 1.54) is 107 Å². The van der Waals surface area contributed by atoms with E-state index < -0.39 is 11.9 Å². The van der Waals surface area contributed by atoms with Gasteiger partial charge >= 0.3 is 11.9 Å². The zero-order valence-electron chi connectivity index (χ0n) is 56.2. The van der Waals surface area contributed by atoms with Crippen LogP contribution in [0, 0.1) is 62.3 Å². The number of aryl methyl sites for hydroxylation is 12. The van der Waals surface area contributed by atoms with E-state index >= 15 is 0 Å². The van der Waals surface area contributed by atoms with E-state index in [0.29, 0.717) is 17.9 Å². The summed E-state index contributed by atoms with van der Waals surface area (Å²) in [5, 5.41) is 0. The lowest BCUT2D eigenvalue weighted by atomic mass is 9.95. The van der Waals surface area contributed by atoms with Crippen LogP contribution < -0.4 is 28.4 Å². The van der Waals surface area contributed by atoms with Gasteiger partial charge in [0.2, 0.25) is 0 Å². The summed E-state index contributed by atoms with van der Waals surface area (Å²) in [7, 11) is 2.67. The van der Waals surface area contributed by atoms with Crippen LogP contribution in [0.15, 0.2) is 72.8 Å². The van der Waals surface area contributed by atoms with Crippen molar-refractivity contribution in [3.8, 4) is 34.5 Å². The van der Waals surface area contributed by atoms with E-state index in [-0.39, 0.29) is 13.2 Å². The van der Waals surface area contributed by atoms with E-state index in [1.54, 1.807) is 0 Å². The number of benzene rings is 6. The Morgan fingerprint density at radius 3 is 0.837 bits per heavy atom. The van der Waals surface area contributed by atoms with Gasteiger partial charge in [-0.25, -0.2) is 9.59 Å². The van der Waals surface area contributed by atoms with Crippen LogP contribution in [0.2, 0.25) is 0 Å². The molecule has 0 unspecified atom stereocenters. The summed E-state index contributed by atoms with van der Waals surface area (Å²) in [4.78, 5) is 23.2. The Morgan fingerprint density at radius 1 is 0.291 bits per heavy atom. The number of esters is 2. The third-order valence-electron chi connectivity index (χ3n) is 14.9. The highest BCUT2D eigenvalue weighted by Gasteiger charge is 2.20. The van der Waals surface area contributed by atoms with Gasteiger partial charge in [0.15, 0.2) is 13.2 Å². The Balaban J connectivity index is 0.000000277. The molecule has 10 nitrogen and oxygen atoms in total. The molecule has 0 fully saturated rings. The van der Waals surface area contributed by atoms with Crippen LogP contribution in [-0.2, 0) is 57.6 Å². The van der Waals surface area contributed by atoms with E-state index in [2.05, 4.69) is 138 Å². The smallest absolute Gasteiger partial charge is 0.343 e. The fraction of sp³-hybridized carbons (Fsp3) is 0.500. The van der Waals surface area contributed by atoms with Gasteiger partial charge in [-0.2, -0.15) is 0 Å². The molecule has 0 spiro atoms. The highest BCUT2D eigenvalue weighted by Crippen LogP contribution is 2.37. The van der Waals surface area contributed by atoms with Crippen molar-refractivity contribution < 1.29 is 47.5 Å². The normalized spacial score (nSPS) is 10.8. The lowest BCUT2D eigenvalue weighted by molar-refractivity contribution is -0.143. The molecule has 0 aliphatic carbocycles. The van der Waals surface area contributed by atoms with Crippen LogP contribution in [0.3, 0.4) is 0 Å². The molecule has 6 aromatic rings. The molecule has 0 radical (unpaired) electrons. The average Bonchev–Trinajstić information content (AvgIpc) is 3.66. The van der Waals surface area contributed by atoms with Crippen LogP contribution in [0.1, 0.15) is 200 Å². The van der Waals surface area contributed by atoms with Gasteiger partial charge in [0.05, 0.1) is 40.6 Å². The molecule has 0 atom stereocenters. The summed E-state index contributed by atoms with van der Waals surface area (Å²) in [5.41, 5.74) is 21.3. The summed E-state index contributed by atoms with van der Waals surface area (Å²) in [5.74, 6) is 4.74. The molecule has 0 amide bonds. The van der Waals surface area contributed by atoms with Crippen LogP contribution in [0.4, 0.5) is 0 Å². The number of unbranched alkanes of at least 4 members (excludes halogenated alkanes) is 4. The van der Waals surface area contributed by atoms with Gasteiger partial charge in [0.1, 0.15) is 34.5 Å². The zero-order valence-corrected chi connectivity index (χ0v) is 56.2. The Kier molecular flexibility index (Phi) is 31.3. The molecule has 6 rings (SSSR count). The predicted octanol–water partition coefficient (Wildman–Crippen LogP) is 18.1. The molecule has 10 heteroatoms. The third-order valence-corrected chi connectivity index (χ3v) is 14.9. The number of methoxy groups -OCH3 is 2. The number of hydrogen-bond acceptors (Lipinski definition) is 10. The molecule has 6 aromatic carbocycles. The van der Waals surface area contributed by atoms with Crippen molar-refractivity contribution in [2.75, 3.05) is 53.9 Å². The van der Waals surface area contributed by atoms with Crippen molar-refractivity contribution in [3.63, 3.8) is 0 Å². The lowest BCUT2D eigenvalue weighted by Crippen LogP contribution is -2.15. The molecule has 0 bridgehead atoms. The predicted molar refractivity (Wildman–Crippen MR) is 354 cm³/mol. The number of carbonyl (C=O) groups is 2. The molecule has 0 aliphatic heterocycles. The maximum absolute atomic E-state index is 11.6. The molecular weight excluding hydrogens is 1070 g/mol. The van der Waals surface area contributed by atoms with Crippen molar-refractivity contribution in [1.29, 1.82) is 0 Å². The van der Waals surface area contributed by atoms with Crippen molar-refractivity contribution in [2.45, 2.75) is 201 Å². The molecule has 0 aliphatic rings. The van der Waals surface area contributed by atoms with Crippen LogP contribution in [0.5, 0.6) is 34.5 Å². The Morgan fingerprint density at radius 2 is 0.535 bits per heavy atom. The minimum atomic E-state index is -0.438. The first-order valence-corrected chi connectivity index (χ1v) is 31.9. The molecule has 0 N–H and O–H groups in total. The summed E-state index contributed by atoms with van der Waals surface area (Å²) < 4.78 is 46.0. The van der Waals surface area contributed by atoms with Gasteiger partial charge in [-0.3, -0.25) is 0 Å². The Labute approximate surface area is 519 Å². The Bertz CT molecular complexity index is 3090. The number of hydrogen-bond donors (Lipinski definition) is 0. The lowest BCUT2D eigenvalue weighted by Gasteiger charge is -2.19. The van der Waals surface area contributed by atoms with Gasteiger partial charge in [-0.15, -0.1) is 0 Å². The average molecular weight is 1180 g/mol. The second-order valence-electron chi connectivity index (χ2n) is 23.1. The highest BCUT2D eigenvalue weighted by molar-refractivity contribution is 5.71. The summed E-state index contributed by atoms with van der Waals surface area (Å²) >= 11 is 0. The number of ether oxygens (including phenoxy) is 8. The number of carbonyl (C=O) groups excluding carboxylic acids is 2. The highest BCUT2D eigenvalue weighted by atomic mass is 16.6. The molecular formula is C76H106O10. The van der Waals surface area contributed by atoms with Crippen molar-refractivity contribution >= 4 is 11.9 Å². The van der Waals surface area contributed by atoms with Gasteiger partial charge in [-0.1, -0.05) is 180 Å². The third kappa shape index (κ3) is 22.4. The standard InChI is InChI=1S/C28H42O2.C24H30O6.C24H34O2/c1-7-10-12-14-29-27-23(6)16-21(4)18-25(27)20-26-19-22(5)17-24(9-3)28(26)30-15-13-11-8-2;1-7-18-9-16(3)11-20(24(18)30-14-22(26)28-6)12-19-10-15(2)8-17(4)23(19)29-13-21(25)27-5;1-7-10-25-23-19(6)12-17(4)14-21(23)16-22-15-18(5)13-20(9-3)24(22)26-11-8-2/h16-19H,7-15,20H2,1-6H3;8-11H,7,12-14H2,1-6H3;12-15H,7-11,16H2,1-6H3. The minimum Gasteiger partial charge on any atom is -0.493 e. The first-order chi connectivity index (χ1) is 41.3. The largest absolute Gasteiger partial charge is 0.493 e. The second-order valence-corrected chi connectivity index (χ2v) is 23.1. The van der Waals surface area contributed by atoms with Gasteiger partial charge < -0.3 is 37.9 Å². The van der Waals surface area contributed by atoms with Gasteiger partial charge in [0.25, 0.3) is 0 Å². The maximum atomic E-state index is 11.6. The minimum absolute atomic E-state index is 0.155. The molecule has 470 valence electrons. The number of rotatable bonds is 31.